The second kappa shape index (κ2) is 10.2. The molecule has 0 radical (unpaired) electrons. The summed E-state index contributed by atoms with van der Waals surface area (Å²) in [4.78, 5) is 16.5. The molecule has 4 rings (SSSR count). The number of nitrogens with one attached hydrogen (secondary N) is 1. The van der Waals surface area contributed by atoms with Gasteiger partial charge in [0.05, 0.1) is 12.7 Å². The molecule has 2 aromatic carbocycles. The molecule has 0 unspecified atom stereocenters. The molecular formula is C24H24N4O6S2. The summed E-state index contributed by atoms with van der Waals surface area (Å²) in [6, 6.07) is 11.0. The van der Waals surface area contributed by atoms with Gasteiger partial charge in [-0.15, -0.1) is 5.10 Å². The summed E-state index contributed by atoms with van der Waals surface area (Å²) in [5.74, 6) is 0.841. The van der Waals surface area contributed by atoms with Crippen LogP contribution in [0.1, 0.15) is 16.7 Å². The van der Waals surface area contributed by atoms with E-state index in [1.54, 1.807) is 18.2 Å². The van der Waals surface area contributed by atoms with E-state index in [0.717, 1.165) is 39.9 Å². The predicted octanol–water partition coefficient (Wildman–Crippen LogP) is 3.39. The van der Waals surface area contributed by atoms with Gasteiger partial charge in [-0.05, 0) is 60.5 Å². The molecule has 12 heteroatoms. The molecular weight excluding hydrogens is 504 g/mol. The summed E-state index contributed by atoms with van der Waals surface area (Å²) in [5.41, 5.74) is 2.64. The molecule has 0 spiro atoms. The van der Waals surface area contributed by atoms with Crippen LogP contribution in [-0.2, 0) is 14.6 Å². The number of thioether (sulfide) groups is 1. The number of rotatable bonds is 7. The minimum atomic E-state index is -3.60. The van der Waals surface area contributed by atoms with Crippen molar-refractivity contribution >= 4 is 49.0 Å². The van der Waals surface area contributed by atoms with Crippen molar-refractivity contribution in [3.8, 4) is 17.2 Å². The van der Waals surface area contributed by atoms with Crippen LogP contribution in [0.15, 0.2) is 52.1 Å². The topological polar surface area (TPSA) is 131 Å². The first-order valence-corrected chi connectivity index (χ1v) is 13.5. The van der Waals surface area contributed by atoms with Crippen LogP contribution in [0.5, 0.6) is 17.2 Å². The fourth-order valence-corrected chi connectivity index (χ4v) is 5.19. The largest absolute Gasteiger partial charge is 0.493 e. The smallest absolute Gasteiger partial charge is 0.283 e. The maximum Gasteiger partial charge on any atom is 0.283 e. The number of aliphatic imine (C=N–C) groups is 1. The van der Waals surface area contributed by atoms with Gasteiger partial charge in [0.15, 0.2) is 17.3 Å². The number of carbonyl (C=O) groups is 1. The molecule has 2 aliphatic rings. The number of amides is 1. The zero-order chi connectivity index (χ0) is 26.0. The Kier molecular flexibility index (Phi) is 7.18. The highest BCUT2D eigenvalue weighted by molar-refractivity contribution is 8.42. The number of ether oxygens (including phenoxy) is 3. The third kappa shape index (κ3) is 5.29. The van der Waals surface area contributed by atoms with E-state index in [-0.39, 0.29) is 21.0 Å². The molecule has 2 aromatic rings. The number of benzene rings is 2. The third-order valence-electron chi connectivity index (χ3n) is 5.25. The summed E-state index contributed by atoms with van der Waals surface area (Å²) < 4.78 is 40.5. The van der Waals surface area contributed by atoms with Crippen molar-refractivity contribution in [1.82, 2.24) is 5.01 Å². The number of sulfone groups is 1. The normalized spacial score (nSPS) is 16.6. The Labute approximate surface area is 213 Å². The molecule has 2 heterocycles. The van der Waals surface area contributed by atoms with Crippen LogP contribution in [0.2, 0.25) is 0 Å². The van der Waals surface area contributed by atoms with Crippen molar-refractivity contribution in [2.75, 3.05) is 26.6 Å². The van der Waals surface area contributed by atoms with Gasteiger partial charge in [0.1, 0.15) is 19.0 Å². The first-order valence-electron chi connectivity index (χ1n) is 10.8. The van der Waals surface area contributed by atoms with Gasteiger partial charge in [-0.1, -0.05) is 24.3 Å². The molecule has 0 saturated heterocycles. The molecule has 188 valence electrons. The molecule has 0 saturated carbocycles. The van der Waals surface area contributed by atoms with E-state index in [4.69, 9.17) is 19.6 Å². The van der Waals surface area contributed by atoms with Crippen molar-refractivity contribution in [3.05, 3.63) is 58.7 Å². The average Bonchev–Trinajstić information content (AvgIpc) is 3.26. The van der Waals surface area contributed by atoms with Gasteiger partial charge >= 0.3 is 0 Å². The van der Waals surface area contributed by atoms with Gasteiger partial charge in [0, 0.05) is 6.26 Å². The van der Waals surface area contributed by atoms with Crippen molar-refractivity contribution in [2.45, 2.75) is 13.8 Å². The third-order valence-corrected chi connectivity index (χ3v) is 7.83. The van der Waals surface area contributed by atoms with Gasteiger partial charge in [-0.2, -0.15) is 10.0 Å². The molecule has 10 nitrogen and oxygen atoms in total. The number of hydrazone groups is 1. The fraction of sp³-hybridized carbons (Fsp3) is 0.250. The molecule has 1 amide bonds. The number of nitrogens with zero attached hydrogens (tertiary/aromatic N) is 3. The van der Waals surface area contributed by atoms with Crippen LogP contribution in [0, 0.1) is 19.3 Å². The number of fused-ring (bicyclic) bond motifs is 1. The van der Waals surface area contributed by atoms with E-state index in [1.165, 1.54) is 13.2 Å². The quantitative estimate of drug-likeness (QED) is 0.427. The maximum absolute atomic E-state index is 12.6. The summed E-state index contributed by atoms with van der Waals surface area (Å²) in [7, 11) is -2.10. The first-order chi connectivity index (χ1) is 17.1. The summed E-state index contributed by atoms with van der Waals surface area (Å²) in [5, 5.41) is 13.4. The maximum atomic E-state index is 12.6. The van der Waals surface area contributed by atoms with Gasteiger partial charge in [-0.3, -0.25) is 10.2 Å². The molecule has 0 atom stereocenters. The standard InChI is InChI=1S/C24H24N4O6S2/c1-14-6-5-7-15(2)20(14)34-11-10-33-18-9-8-16(13-19(18)32-3)12-17-21(25)28-23(26-22(17)29)35-24(27-28)36(4,30)31/h5-9,12-13,25H,10-11H2,1-4H3/b17-12-,25-21?. The lowest BCUT2D eigenvalue weighted by atomic mass is 10.1. The Hall–Kier alpha value is -3.64. The van der Waals surface area contributed by atoms with Crippen molar-refractivity contribution in [3.63, 3.8) is 0 Å². The predicted molar refractivity (Wildman–Crippen MR) is 140 cm³/mol. The van der Waals surface area contributed by atoms with E-state index in [1.807, 2.05) is 32.0 Å². The van der Waals surface area contributed by atoms with E-state index >= 15 is 0 Å². The average molecular weight is 529 g/mol. The molecule has 0 aliphatic carbocycles. The summed E-state index contributed by atoms with van der Waals surface area (Å²) in [6.45, 7) is 4.61. The monoisotopic (exact) mass is 528 g/mol. The Morgan fingerprint density at radius 1 is 1.08 bits per heavy atom. The van der Waals surface area contributed by atoms with Gasteiger partial charge in [-0.25, -0.2) is 8.42 Å². The van der Waals surface area contributed by atoms with E-state index < -0.39 is 15.7 Å². The van der Waals surface area contributed by atoms with Gasteiger partial charge in [0.2, 0.25) is 19.4 Å². The lowest BCUT2D eigenvalue weighted by molar-refractivity contribution is -0.114. The van der Waals surface area contributed by atoms with Crippen LogP contribution in [0.25, 0.3) is 6.08 Å². The van der Waals surface area contributed by atoms with E-state index in [2.05, 4.69) is 10.1 Å². The number of hydrogen-bond acceptors (Lipinski definition) is 9. The molecule has 36 heavy (non-hydrogen) atoms. The van der Waals surface area contributed by atoms with Crippen LogP contribution >= 0.6 is 11.8 Å². The van der Waals surface area contributed by atoms with Crippen molar-refractivity contribution in [1.29, 1.82) is 5.41 Å². The SMILES string of the molecule is COc1cc(/C=C2/C(=N)N3N=C(S(C)(=O)=O)SC3=NC2=O)ccc1OCCOc1c(C)cccc1C. The second-order valence-corrected chi connectivity index (χ2v) is 11.1. The number of methoxy groups -OCH3 is 1. The van der Waals surface area contributed by atoms with Gasteiger partial charge in [0.25, 0.3) is 5.91 Å². The minimum absolute atomic E-state index is 0.0319. The number of carbonyl (C=O) groups excluding carboxylic acids is 1. The van der Waals surface area contributed by atoms with Crippen LogP contribution in [-0.4, -0.2) is 61.3 Å². The highest BCUT2D eigenvalue weighted by atomic mass is 32.3. The molecule has 2 aliphatic heterocycles. The lowest BCUT2D eigenvalue weighted by Crippen LogP contribution is -2.35. The summed E-state index contributed by atoms with van der Waals surface area (Å²) >= 11 is 0.737. The highest BCUT2D eigenvalue weighted by Crippen LogP contribution is 2.32. The van der Waals surface area contributed by atoms with E-state index in [0.29, 0.717) is 30.3 Å². The minimum Gasteiger partial charge on any atom is -0.493 e. The number of hydrogen-bond donors (Lipinski definition) is 1. The van der Waals surface area contributed by atoms with Crippen molar-refractivity contribution in [2.24, 2.45) is 10.1 Å². The van der Waals surface area contributed by atoms with Crippen LogP contribution in [0.4, 0.5) is 0 Å². The van der Waals surface area contributed by atoms with Crippen LogP contribution in [0.3, 0.4) is 0 Å². The zero-order valence-corrected chi connectivity index (χ0v) is 21.7. The first kappa shape index (κ1) is 25.5. The summed E-state index contributed by atoms with van der Waals surface area (Å²) in [6.07, 6.45) is 2.48. The zero-order valence-electron chi connectivity index (χ0n) is 20.1. The van der Waals surface area contributed by atoms with Crippen LogP contribution < -0.4 is 14.2 Å². The van der Waals surface area contributed by atoms with E-state index in [9.17, 15) is 13.2 Å². The highest BCUT2D eigenvalue weighted by Gasteiger charge is 2.38. The Morgan fingerprint density at radius 2 is 1.78 bits per heavy atom. The molecule has 0 bridgehead atoms. The number of amidine groups is 2. The fourth-order valence-electron chi connectivity index (χ4n) is 3.51. The molecule has 0 aromatic heterocycles. The Balaban J connectivity index is 1.47. The number of aryl methyl sites for hydroxylation is 2. The van der Waals surface area contributed by atoms with Crippen molar-refractivity contribution < 1.29 is 27.4 Å². The lowest BCUT2D eigenvalue weighted by Gasteiger charge is -2.20. The molecule has 1 N–H and O–H groups in total. The Morgan fingerprint density at radius 3 is 2.44 bits per heavy atom. The Bertz CT molecular complexity index is 1430. The molecule has 0 fully saturated rings. The van der Waals surface area contributed by atoms with Gasteiger partial charge < -0.3 is 14.2 Å². The second-order valence-electron chi connectivity index (χ2n) is 7.99. The number of para-hydroxylation sites is 1.